The number of halogens is 3. The molecule has 5 rings (SSSR count). The summed E-state index contributed by atoms with van der Waals surface area (Å²) in [5.74, 6) is -3.86. The summed E-state index contributed by atoms with van der Waals surface area (Å²) in [6.07, 6.45) is -4.89. The summed E-state index contributed by atoms with van der Waals surface area (Å²) in [6.45, 7) is 1.06. The zero-order valence-electron chi connectivity index (χ0n) is 27.4. The van der Waals surface area contributed by atoms with E-state index in [1.54, 1.807) is 31.2 Å². The number of likely N-dealkylation sites (N-methyl/N-ethyl adjacent to an activating group) is 1. The molecule has 0 aromatic heterocycles. The molecule has 50 heavy (non-hydrogen) atoms. The number of nitrogens with one attached hydrogen (secondary N) is 1. The van der Waals surface area contributed by atoms with Crippen LogP contribution in [-0.2, 0) is 32.5 Å². The van der Waals surface area contributed by atoms with Gasteiger partial charge in [0.2, 0.25) is 5.54 Å². The fourth-order valence-corrected chi connectivity index (χ4v) is 5.95. The van der Waals surface area contributed by atoms with Gasteiger partial charge in [0.15, 0.2) is 0 Å². The minimum Gasteiger partial charge on any atom is -0.479 e. The summed E-state index contributed by atoms with van der Waals surface area (Å²) in [5, 5.41) is 12.9. The number of aliphatic carboxylic acids is 1. The van der Waals surface area contributed by atoms with Gasteiger partial charge in [-0.25, -0.2) is 4.79 Å². The number of carbonyl (C=O) groups excluding carboxylic acids is 4. The Morgan fingerprint density at radius 2 is 1.60 bits per heavy atom. The van der Waals surface area contributed by atoms with Crippen molar-refractivity contribution < 1.29 is 47.0 Å². The molecule has 4 aromatic carbocycles. The quantitative estimate of drug-likeness (QED) is 0.213. The van der Waals surface area contributed by atoms with E-state index in [0.717, 1.165) is 17.0 Å². The van der Waals surface area contributed by atoms with E-state index in [1.807, 2.05) is 0 Å². The van der Waals surface area contributed by atoms with Crippen molar-refractivity contribution in [3.05, 3.63) is 124 Å². The van der Waals surface area contributed by atoms with Crippen LogP contribution in [0, 0.1) is 6.92 Å². The molecule has 0 saturated carbocycles. The largest absolute Gasteiger partial charge is 0.479 e. The summed E-state index contributed by atoms with van der Waals surface area (Å²) in [7, 11) is 4.32. The third kappa shape index (κ3) is 6.53. The van der Waals surface area contributed by atoms with Crippen LogP contribution in [0.5, 0.6) is 0 Å². The van der Waals surface area contributed by atoms with Crippen molar-refractivity contribution in [1.82, 2.24) is 9.80 Å². The first-order valence-electron chi connectivity index (χ1n) is 15.3. The van der Waals surface area contributed by atoms with Gasteiger partial charge in [-0.1, -0.05) is 48.5 Å². The molecule has 0 saturated heterocycles. The van der Waals surface area contributed by atoms with Crippen molar-refractivity contribution in [3.63, 3.8) is 0 Å². The van der Waals surface area contributed by atoms with Crippen LogP contribution in [0.1, 0.15) is 53.3 Å². The Labute approximate surface area is 285 Å². The third-order valence-corrected chi connectivity index (χ3v) is 8.61. The van der Waals surface area contributed by atoms with Gasteiger partial charge in [0, 0.05) is 37.8 Å². The lowest BCUT2D eigenvalue weighted by Crippen LogP contribution is -2.51. The maximum atomic E-state index is 13.7. The minimum absolute atomic E-state index is 0.0365. The normalized spacial score (nSPS) is 15.3. The van der Waals surface area contributed by atoms with Gasteiger partial charge in [-0.05, 0) is 65.6 Å². The molecule has 1 aliphatic heterocycles. The average Bonchev–Trinajstić information content (AvgIpc) is 3.29. The van der Waals surface area contributed by atoms with Gasteiger partial charge in [0.1, 0.15) is 6.61 Å². The van der Waals surface area contributed by atoms with Crippen LogP contribution in [0.2, 0.25) is 0 Å². The van der Waals surface area contributed by atoms with E-state index in [4.69, 9.17) is 4.74 Å². The Morgan fingerprint density at radius 3 is 2.24 bits per heavy atom. The first kappa shape index (κ1) is 35.3. The average molecular weight is 688 g/mol. The topological polar surface area (TPSA) is 133 Å². The predicted molar refractivity (Wildman–Crippen MR) is 177 cm³/mol. The monoisotopic (exact) mass is 687 g/mol. The number of esters is 1. The molecule has 0 bridgehead atoms. The number of carboxylic acids is 1. The van der Waals surface area contributed by atoms with Gasteiger partial charge in [-0.2, -0.15) is 13.2 Å². The van der Waals surface area contributed by atoms with Crippen molar-refractivity contribution in [1.29, 1.82) is 0 Å². The Kier molecular flexibility index (Phi) is 9.54. The highest BCUT2D eigenvalue weighted by atomic mass is 19.4. The van der Waals surface area contributed by atoms with Crippen LogP contribution in [0.3, 0.4) is 0 Å². The zero-order chi connectivity index (χ0) is 36.5. The van der Waals surface area contributed by atoms with Gasteiger partial charge in [0.05, 0.1) is 23.2 Å². The summed E-state index contributed by atoms with van der Waals surface area (Å²) < 4.78 is 45.0. The van der Waals surface area contributed by atoms with E-state index in [1.165, 1.54) is 74.6 Å². The molecule has 1 atom stereocenters. The fourth-order valence-electron chi connectivity index (χ4n) is 5.95. The van der Waals surface area contributed by atoms with Crippen LogP contribution < -0.4 is 5.32 Å². The molecule has 0 fully saturated rings. The Morgan fingerprint density at radius 1 is 0.920 bits per heavy atom. The van der Waals surface area contributed by atoms with Gasteiger partial charge in [-0.15, -0.1) is 0 Å². The summed E-state index contributed by atoms with van der Waals surface area (Å²) in [4.78, 5) is 67.5. The van der Waals surface area contributed by atoms with E-state index < -0.39 is 53.5 Å². The SMILES string of the molecule is Cc1cccc(C(=O)Nc2ccc(CC(=O)OCC3(C(=O)O)c4ccccc4C(=O)N3C)cc2C(=O)N(C)C)c1-c1ccc(C(F)(F)F)cc1. The zero-order valence-corrected chi connectivity index (χ0v) is 27.4. The number of hydrogen-bond donors (Lipinski definition) is 2. The Hall–Kier alpha value is -5.98. The van der Waals surface area contributed by atoms with Gasteiger partial charge in [0.25, 0.3) is 17.7 Å². The number of nitrogens with zero attached hydrogens (tertiary/aromatic N) is 2. The van der Waals surface area contributed by atoms with E-state index in [2.05, 4.69) is 5.32 Å². The van der Waals surface area contributed by atoms with E-state index in [-0.39, 0.29) is 34.4 Å². The molecule has 10 nitrogen and oxygen atoms in total. The molecule has 0 radical (unpaired) electrons. The first-order valence-corrected chi connectivity index (χ1v) is 15.3. The van der Waals surface area contributed by atoms with E-state index in [9.17, 15) is 42.3 Å². The van der Waals surface area contributed by atoms with Gasteiger partial charge < -0.3 is 25.0 Å². The molecule has 13 heteroatoms. The highest BCUT2D eigenvalue weighted by Gasteiger charge is 2.54. The number of hydrogen-bond acceptors (Lipinski definition) is 6. The standard InChI is InChI=1S/C37H32F3N3O7/c1-21-8-7-10-26(31(21)23-13-15-24(16-14-23)37(38,39)40)32(45)41-29-17-12-22(18-27(29)33(46)42(2)3)19-30(44)50-20-36(35(48)49)28-11-6-5-9-25(28)34(47)43(36)4/h5-18H,19-20H2,1-4H3,(H,41,45)(H,48,49). The molecular weight excluding hydrogens is 655 g/mol. The maximum Gasteiger partial charge on any atom is 0.416 e. The molecule has 3 amide bonds. The second-order valence-electron chi connectivity index (χ2n) is 12.0. The number of carboxylic acid groups (broad SMARTS) is 1. The van der Waals surface area contributed by atoms with Crippen LogP contribution in [0.4, 0.5) is 18.9 Å². The molecule has 0 aliphatic carbocycles. The van der Waals surface area contributed by atoms with Gasteiger partial charge in [-0.3, -0.25) is 19.2 Å². The molecule has 258 valence electrons. The fraction of sp³-hybridized carbons (Fsp3) is 0.216. The lowest BCUT2D eigenvalue weighted by Gasteiger charge is -2.32. The van der Waals surface area contributed by atoms with Crippen LogP contribution in [0.15, 0.2) is 84.9 Å². The van der Waals surface area contributed by atoms with Crippen LogP contribution in [0.25, 0.3) is 11.1 Å². The number of rotatable bonds is 9. The summed E-state index contributed by atoms with van der Waals surface area (Å²) in [6, 6.07) is 19.8. The maximum absolute atomic E-state index is 13.7. The molecule has 1 unspecified atom stereocenters. The number of ether oxygens (including phenoxy) is 1. The molecule has 2 N–H and O–H groups in total. The second-order valence-corrected chi connectivity index (χ2v) is 12.0. The number of carbonyl (C=O) groups is 5. The predicted octanol–water partition coefficient (Wildman–Crippen LogP) is 5.79. The minimum atomic E-state index is -4.53. The molecule has 1 aliphatic rings. The lowest BCUT2D eigenvalue weighted by molar-refractivity contribution is -0.159. The highest BCUT2D eigenvalue weighted by molar-refractivity contribution is 6.12. The van der Waals surface area contributed by atoms with Gasteiger partial charge >= 0.3 is 18.1 Å². The van der Waals surface area contributed by atoms with Crippen molar-refractivity contribution in [2.75, 3.05) is 33.1 Å². The Bertz CT molecular complexity index is 2030. The van der Waals surface area contributed by atoms with E-state index in [0.29, 0.717) is 22.3 Å². The number of benzene rings is 4. The molecule has 4 aromatic rings. The number of aryl methyl sites for hydroxylation is 1. The van der Waals surface area contributed by atoms with Crippen molar-refractivity contribution in [2.24, 2.45) is 0 Å². The number of alkyl halides is 3. The Balaban J connectivity index is 1.39. The highest BCUT2D eigenvalue weighted by Crippen LogP contribution is 2.39. The van der Waals surface area contributed by atoms with Crippen LogP contribution >= 0.6 is 0 Å². The van der Waals surface area contributed by atoms with Crippen molar-refractivity contribution in [3.8, 4) is 11.1 Å². The van der Waals surface area contributed by atoms with Crippen LogP contribution in [-0.4, -0.2) is 72.3 Å². The smallest absolute Gasteiger partial charge is 0.416 e. The molecular formula is C37H32F3N3O7. The first-order chi connectivity index (χ1) is 23.6. The molecule has 0 spiro atoms. The number of amides is 3. The number of anilines is 1. The summed E-state index contributed by atoms with van der Waals surface area (Å²) in [5.41, 5.74) is -0.315. The number of fused-ring (bicyclic) bond motifs is 1. The van der Waals surface area contributed by atoms with E-state index >= 15 is 0 Å². The lowest BCUT2D eigenvalue weighted by atomic mass is 9.90. The second kappa shape index (κ2) is 13.5. The third-order valence-electron chi connectivity index (χ3n) is 8.61. The molecule has 1 heterocycles. The van der Waals surface area contributed by atoms with Crippen molar-refractivity contribution >= 4 is 35.3 Å². The van der Waals surface area contributed by atoms with Crippen molar-refractivity contribution in [2.45, 2.75) is 25.1 Å². The summed E-state index contributed by atoms with van der Waals surface area (Å²) >= 11 is 0.